The summed E-state index contributed by atoms with van der Waals surface area (Å²) in [5.74, 6) is 0.331. The smallest absolute Gasteiger partial charge is 0.211 e. The van der Waals surface area contributed by atoms with Crippen molar-refractivity contribution in [2.75, 3.05) is 6.54 Å². The van der Waals surface area contributed by atoms with Gasteiger partial charge < -0.3 is 0 Å². The Bertz CT molecular complexity index is 485. The van der Waals surface area contributed by atoms with Gasteiger partial charge in [-0.15, -0.1) is 0 Å². The predicted molar refractivity (Wildman–Crippen MR) is 79.0 cm³/mol. The van der Waals surface area contributed by atoms with Gasteiger partial charge in [-0.2, -0.15) is 4.99 Å². The maximum absolute atomic E-state index is 10.9. The van der Waals surface area contributed by atoms with Gasteiger partial charge in [-0.1, -0.05) is 41.5 Å². The van der Waals surface area contributed by atoms with Crippen molar-refractivity contribution < 1.29 is 9.59 Å². The van der Waals surface area contributed by atoms with Crippen LogP contribution in [0.5, 0.6) is 0 Å². The number of aliphatic imine (C=N–C) groups is 2. The van der Waals surface area contributed by atoms with Crippen LogP contribution in [0.3, 0.4) is 0 Å². The first-order valence-corrected chi connectivity index (χ1v) is 7.11. The van der Waals surface area contributed by atoms with E-state index in [4.69, 9.17) is 0 Å². The molecule has 0 N–H and O–H groups in total. The first-order chi connectivity index (χ1) is 8.98. The number of carbonyl (C=O) groups excluding carboxylic acids is 2. The van der Waals surface area contributed by atoms with Crippen molar-refractivity contribution in [2.45, 2.75) is 60.4 Å². The normalized spacial score (nSPS) is 38.5. The van der Waals surface area contributed by atoms with Gasteiger partial charge in [0.2, 0.25) is 12.2 Å². The van der Waals surface area contributed by atoms with Crippen LogP contribution >= 0.6 is 0 Å². The second-order valence-electron chi connectivity index (χ2n) is 7.81. The zero-order chi connectivity index (χ0) is 15.8. The lowest BCUT2D eigenvalue weighted by molar-refractivity contribution is -0.128. The van der Waals surface area contributed by atoms with Gasteiger partial charge in [-0.3, -0.25) is 0 Å². The highest BCUT2D eigenvalue weighted by molar-refractivity contribution is 5.37. The van der Waals surface area contributed by atoms with E-state index in [2.05, 4.69) is 51.5 Å². The molecule has 20 heavy (non-hydrogen) atoms. The van der Waals surface area contributed by atoms with Crippen LogP contribution in [0.25, 0.3) is 0 Å². The molecule has 0 aromatic carbocycles. The Labute approximate surface area is 121 Å². The molecule has 0 radical (unpaired) electrons. The van der Waals surface area contributed by atoms with E-state index in [1.807, 2.05) is 6.92 Å². The standard InChI is InChI=1S/C16H26N2O2/c1-12-13(2,3)8-16(7,18-11-20)14(4,5)15(12,6)9-17-10-19/h12H,8-9H2,1-7H3. The molecule has 0 aromatic rings. The molecule has 0 spiro atoms. The van der Waals surface area contributed by atoms with Gasteiger partial charge in [0.1, 0.15) is 0 Å². The number of rotatable bonds is 3. The summed E-state index contributed by atoms with van der Waals surface area (Å²) < 4.78 is 0. The predicted octanol–water partition coefficient (Wildman–Crippen LogP) is 3.52. The van der Waals surface area contributed by atoms with Crippen LogP contribution in [0.15, 0.2) is 9.98 Å². The van der Waals surface area contributed by atoms with E-state index in [0.29, 0.717) is 12.5 Å². The topological polar surface area (TPSA) is 58.9 Å². The fourth-order valence-electron chi connectivity index (χ4n) is 4.09. The molecule has 1 fully saturated rings. The Morgan fingerprint density at radius 3 is 2.05 bits per heavy atom. The molecular formula is C16H26N2O2. The molecule has 1 saturated carbocycles. The molecule has 0 heterocycles. The van der Waals surface area contributed by atoms with Crippen LogP contribution < -0.4 is 0 Å². The minimum absolute atomic E-state index is 0.00221. The van der Waals surface area contributed by atoms with Crippen molar-refractivity contribution in [3.05, 3.63) is 0 Å². The first kappa shape index (κ1) is 16.8. The second-order valence-corrected chi connectivity index (χ2v) is 7.81. The minimum atomic E-state index is -0.516. The quantitative estimate of drug-likeness (QED) is 0.586. The van der Waals surface area contributed by atoms with Gasteiger partial charge in [0.25, 0.3) is 0 Å². The zero-order valence-electron chi connectivity index (χ0n) is 13.7. The van der Waals surface area contributed by atoms with Gasteiger partial charge in [0.15, 0.2) is 0 Å². The first-order valence-electron chi connectivity index (χ1n) is 7.11. The highest BCUT2D eigenvalue weighted by Gasteiger charge is 2.63. The molecule has 0 aliphatic heterocycles. The van der Waals surface area contributed by atoms with E-state index in [1.54, 1.807) is 12.2 Å². The Morgan fingerprint density at radius 2 is 1.60 bits per heavy atom. The fourth-order valence-corrected chi connectivity index (χ4v) is 4.09. The fraction of sp³-hybridized carbons (Fsp3) is 0.875. The molecule has 4 nitrogen and oxygen atoms in total. The second kappa shape index (κ2) is 4.95. The highest BCUT2D eigenvalue weighted by atomic mass is 16.1. The average molecular weight is 278 g/mol. The van der Waals surface area contributed by atoms with Crippen LogP contribution in [0.4, 0.5) is 0 Å². The van der Waals surface area contributed by atoms with Crippen molar-refractivity contribution in [3.63, 3.8) is 0 Å². The summed E-state index contributed by atoms with van der Waals surface area (Å²) in [5, 5.41) is 0. The summed E-state index contributed by atoms with van der Waals surface area (Å²) in [5.41, 5.74) is -1.05. The molecule has 1 rings (SSSR count). The van der Waals surface area contributed by atoms with E-state index in [1.165, 1.54) is 0 Å². The van der Waals surface area contributed by atoms with E-state index >= 15 is 0 Å². The number of isocyanates is 2. The van der Waals surface area contributed by atoms with Gasteiger partial charge in [0, 0.05) is 0 Å². The molecule has 3 unspecified atom stereocenters. The largest absolute Gasteiger partial charge is 0.235 e. The maximum atomic E-state index is 10.9. The summed E-state index contributed by atoms with van der Waals surface area (Å²) in [6.07, 6.45) is 4.21. The highest BCUT2D eigenvalue weighted by Crippen LogP contribution is 2.64. The van der Waals surface area contributed by atoms with Crippen molar-refractivity contribution in [1.82, 2.24) is 0 Å². The molecule has 3 atom stereocenters. The van der Waals surface area contributed by atoms with Crippen molar-refractivity contribution in [3.8, 4) is 0 Å². The van der Waals surface area contributed by atoms with Crippen LogP contribution in [0, 0.1) is 22.2 Å². The lowest BCUT2D eigenvalue weighted by Gasteiger charge is -2.64. The summed E-state index contributed by atoms with van der Waals surface area (Å²) in [6.45, 7) is 15.3. The molecule has 0 aromatic heterocycles. The summed E-state index contributed by atoms with van der Waals surface area (Å²) in [6, 6.07) is 0. The lowest BCUT2D eigenvalue weighted by atomic mass is 9.42. The van der Waals surface area contributed by atoms with Crippen LogP contribution in [-0.4, -0.2) is 24.2 Å². The SMILES string of the molecule is CC1C(C)(C)CC(C)(N=C=O)C(C)(C)C1(C)CN=C=O. The van der Waals surface area contributed by atoms with E-state index < -0.39 is 5.54 Å². The monoisotopic (exact) mass is 278 g/mol. The van der Waals surface area contributed by atoms with E-state index in [9.17, 15) is 9.59 Å². The number of nitrogens with zero attached hydrogens (tertiary/aromatic N) is 2. The summed E-state index contributed by atoms with van der Waals surface area (Å²) in [4.78, 5) is 29.5. The van der Waals surface area contributed by atoms with Gasteiger partial charge in [-0.05, 0) is 35.5 Å². The molecule has 0 amide bonds. The molecule has 1 aliphatic carbocycles. The van der Waals surface area contributed by atoms with Crippen molar-refractivity contribution in [2.24, 2.45) is 32.1 Å². The number of hydrogen-bond donors (Lipinski definition) is 0. The van der Waals surface area contributed by atoms with Crippen LogP contribution in [0.2, 0.25) is 0 Å². The third-order valence-corrected chi connectivity index (χ3v) is 6.47. The van der Waals surface area contributed by atoms with E-state index in [-0.39, 0.29) is 16.2 Å². The molecule has 112 valence electrons. The van der Waals surface area contributed by atoms with Crippen LogP contribution in [-0.2, 0) is 9.59 Å². The summed E-state index contributed by atoms with van der Waals surface area (Å²) in [7, 11) is 0. The third kappa shape index (κ3) is 2.17. The Kier molecular flexibility index (Phi) is 4.16. The minimum Gasteiger partial charge on any atom is -0.211 e. The van der Waals surface area contributed by atoms with E-state index in [0.717, 1.165) is 6.42 Å². The maximum Gasteiger partial charge on any atom is 0.235 e. The van der Waals surface area contributed by atoms with Gasteiger partial charge >= 0.3 is 0 Å². The lowest BCUT2D eigenvalue weighted by Crippen LogP contribution is -2.63. The molecule has 4 heteroatoms. The van der Waals surface area contributed by atoms with Crippen molar-refractivity contribution >= 4 is 12.2 Å². The molecule has 1 aliphatic rings. The van der Waals surface area contributed by atoms with Gasteiger partial charge in [-0.25, -0.2) is 14.6 Å². The van der Waals surface area contributed by atoms with Gasteiger partial charge in [0.05, 0.1) is 12.1 Å². The Balaban J connectivity index is 3.52. The van der Waals surface area contributed by atoms with Crippen LogP contribution in [0.1, 0.15) is 54.9 Å². The Hall–Kier alpha value is -1.24. The number of hydrogen-bond acceptors (Lipinski definition) is 4. The zero-order valence-corrected chi connectivity index (χ0v) is 13.7. The molecular weight excluding hydrogens is 252 g/mol. The average Bonchev–Trinajstić information content (AvgIpc) is 2.32. The molecule has 0 saturated heterocycles. The van der Waals surface area contributed by atoms with Crippen molar-refractivity contribution in [1.29, 1.82) is 0 Å². The summed E-state index contributed by atoms with van der Waals surface area (Å²) >= 11 is 0. The Morgan fingerprint density at radius 1 is 1.05 bits per heavy atom. The molecule has 0 bridgehead atoms. The third-order valence-electron chi connectivity index (χ3n) is 6.47.